The minimum absolute atomic E-state index is 0.0538. The lowest BCUT2D eigenvalue weighted by Gasteiger charge is -2.45. The second kappa shape index (κ2) is 19.9. The van der Waals surface area contributed by atoms with Crippen LogP contribution in [0.2, 0.25) is 0 Å². The molecule has 0 aromatic heterocycles. The quantitative estimate of drug-likeness (QED) is 0.198. The van der Waals surface area contributed by atoms with E-state index in [-0.39, 0.29) is 50.1 Å². The van der Waals surface area contributed by atoms with Crippen LogP contribution in [-0.2, 0) is 19.2 Å². The highest BCUT2D eigenvalue weighted by atomic mass is 16.4. The van der Waals surface area contributed by atoms with E-state index in [9.17, 15) is 29.4 Å². The monoisotopic (exact) mass is 664 g/mol. The summed E-state index contributed by atoms with van der Waals surface area (Å²) >= 11 is 0. The summed E-state index contributed by atoms with van der Waals surface area (Å²) < 4.78 is 0. The van der Waals surface area contributed by atoms with E-state index >= 15 is 0 Å². The summed E-state index contributed by atoms with van der Waals surface area (Å²) in [5.74, 6) is -1.44. The number of allylic oxidation sites excluding steroid dienone is 8. The molecule has 3 fully saturated rings. The molecule has 48 heavy (non-hydrogen) atoms. The largest absolute Gasteiger partial charge is 0.480 e. The molecular weight excluding hydrogens is 608 g/mol. The average molecular weight is 665 g/mol. The Morgan fingerprint density at radius 3 is 1.23 bits per heavy atom. The van der Waals surface area contributed by atoms with Crippen LogP contribution in [0.3, 0.4) is 0 Å². The van der Waals surface area contributed by atoms with Crippen LogP contribution in [0, 0.1) is 11.8 Å². The Morgan fingerprint density at radius 1 is 0.583 bits per heavy atom. The number of carboxylic acid groups (broad SMARTS) is 2. The van der Waals surface area contributed by atoms with Crippen molar-refractivity contribution >= 4 is 23.8 Å². The van der Waals surface area contributed by atoms with Crippen LogP contribution in [0.15, 0.2) is 73.9 Å². The molecule has 0 radical (unpaired) electrons. The van der Waals surface area contributed by atoms with Crippen LogP contribution < -0.4 is 0 Å². The second-order valence-corrected chi connectivity index (χ2v) is 13.4. The summed E-state index contributed by atoms with van der Waals surface area (Å²) in [4.78, 5) is 58.3. The first-order valence-electron chi connectivity index (χ1n) is 17.4. The Hall–Kier alpha value is -3.76. The number of rotatable bonds is 18. The van der Waals surface area contributed by atoms with E-state index in [4.69, 9.17) is 0 Å². The van der Waals surface area contributed by atoms with Gasteiger partial charge < -0.3 is 20.0 Å². The zero-order valence-corrected chi connectivity index (χ0v) is 28.6. The van der Waals surface area contributed by atoms with Crippen molar-refractivity contribution in [3.05, 3.63) is 73.9 Å². The van der Waals surface area contributed by atoms with Crippen molar-refractivity contribution in [3.63, 3.8) is 0 Å². The van der Waals surface area contributed by atoms with Crippen molar-refractivity contribution in [2.75, 3.05) is 52.4 Å². The number of aliphatic carboxylic acids is 2. The third kappa shape index (κ3) is 12.0. The number of hydrogen-bond donors (Lipinski definition) is 2. The molecule has 2 unspecified atom stereocenters. The van der Waals surface area contributed by atoms with Crippen molar-refractivity contribution in [3.8, 4) is 0 Å². The van der Waals surface area contributed by atoms with Crippen LogP contribution in [-0.4, -0.2) is 118 Å². The van der Waals surface area contributed by atoms with Crippen molar-refractivity contribution in [2.45, 2.75) is 76.3 Å². The van der Waals surface area contributed by atoms with Gasteiger partial charge in [-0.2, -0.15) is 0 Å². The van der Waals surface area contributed by atoms with Gasteiger partial charge in [-0.25, -0.2) is 0 Å². The maximum absolute atomic E-state index is 13.6. The second-order valence-electron chi connectivity index (χ2n) is 13.4. The van der Waals surface area contributed by atoms with Gasteiger partial charge in [0.2, 0.25) is 11.8 Å². The van der Waals surface area contributed by atoms with E-state index < -0.39 is 11.9 Å². The molecule has 0 bridgehead atoms. The fourth-order valence-electron chi connectivity index (χ4n) is 7.60. The summed E-state index contributed by atoms with van der Waals surface area (Å²) in [5.41, 5.74) is 2.25. The van der Waals surface area contributed by atoms with Gasteiger partial charge in [-0.3, -0.25) is 29.0 Å². The van der Waals surface area contributed by atoms with Gasteiger partial charge in [-0.05, 0) is 74.3 Å². The maximum atomic E-state index is 13.6. The average Bonchev–Trinajstić information content (AvgIpc) is 3.07. The first-order chi connectivity index (χ1) is 23.1. The normalized spacial score (nSPS) is 21.6. The lowest BCUT2D eigenvalue weighted by Crippen LogP contribution is -2.59. The molecule has 1 saturated carbocycles. The summed E-state index contributed by atoms with van der Waals surface area (Å²) in [6, 6.07) is -0.718. The van der Waals surface area contributed by atoms with Crippen LogP contribution in [0.1, 0.15) is 64.2 Å². The summed E-state index contributed by atoms with van der Waals surface area (Å²) in [7, 11) is 0. The van der Waals surface area contributed by atoms with Crippen molar-refractivity contribution in [2.24, 2.45) is 11.8 Å². The van der Waals surface area contributed by atoms with E-state index in [0.29, 0.717) is 50.9 Å². The van der Waals surface area contributed by atoms with Gasteiger partial charge in [-0.1, -0.05) is 75.6 Å². The van der Waals surface area contributed by atoms with Crippen LogP contribution in [0.4, 0.5) is 0 Å². The lowest BCUT2D eigenvalue weighted by molar-refractivity contribution is -0.146. The molecule has 2 heterocycles. The predicted octanol–water partition coefficient (Wildman–Crippen LogP) is 4.93. The Balaban J connectivity index is 1.67. The molecule has 2 saturated heterocycles. The summed E-state index contributed by atoms with van der Waals surface area (Å²) in [6.07, 6.45) is 19.2. The molecule has 2 amide bonds. The highest BCUT2D eigenvalue weighted by Gasteiger charge is 2.38. The SMILES string of the molecule is C=C/C=C(\C=C)CC1CCN(C(=O)CN(CC(=O)O)C2CCCCC2N(CC(=O)O)CC(=O)N2CCC(C/C(C=C)=C/C=C)CC2)CC1. The van der Waals surface area contributed by atoms with Gasteiger partial charge >= 0.3 is 11.9 Å². The minimum Gasteiger partial charge on any atom is -0.480 e. The molecule has 1 aliphatic carbocycles. The van der Waals surface area contributed by atoms with Gasteiger partial charge in [0.25, 0.3) is 0 Å². The number of nitrogens with zero attached hydrogens (tertiary/aromatic N) is 4. The number of carbonyl (C=O) groups is 4. The standard InChI is InChI=1S/C38H56N4O6/c1-5-11-29(7-3)23-31-15-19-39(20-16-31)35(43)25-41(27-37(45)46)33-13-9-10-14-34(33)42(28-38(47)48)26-36(44)40-21-17-32(18-22-40)24-30(8-4)12-6-2/h5-8,11-12,31-34H,1-4,9-10,13-28H2,(H,45,46)(H,47,48)/b29-11+,30-12+. The molecule has 2 aliphatic heterocycles. The van der Waals surface area contributed by atoms with E-state index in [0.717, 1.165) is 62.5 Å². The zero-order chi connectivity index (χ0) is 35.1. The van der Waals surface area contributed by atoms with Crippen molar-refractivity contribution in [1.82, 2.24) is 19.6 Å². The number of amides is 2. The third-order valence-electron chi connectivity index (χ3n) is 10.2. The molecule has 2 N–H and O–H groups in total. The Bertz CT molecular complexity index is 1130. The molecule has 0 spiro atoms. The molecule has 2 atom stereocenters. The molecule has 3 aliphatic rings. The number of piperidine rings is 2. The minimum atomic E-state index is -1.04. The smallest absolute Gasteiger partial charge is 0.317 e. The molecular formula is C38H56N4O6. The fourth-order valence-corrected chi connectivity index (χ4v) is 7.60. The van der Waals surface area contributed by atoms with E-state index in [1.165, 1.54) is 0 Å². The third-order valence-corrected chi connectivity index (χ3v) is 10.2. The number of carboxylic acids is 2. The van der Waals surface area contributed by atoms with E-state index in [1.54, 1.807) is 22.0 Å². The molecule has 10 heteroatoms. The predicted molar refractivity (Wildman–Crippen MR) is 189 cm³/mol. The highest BCUT2D eigenvalue weighted by molar-refractivity contribution is 5.80. The molecule has 0 aromatic rings. The number of likely N-dealkylation sites (tertiary alicyclic amines) is 2. The Kier molecular flexibility index (Phi) is 16.1. The topological polar surface area (TPSA) is 122 Å². The maximum Gasteiger partial charge on any atom is 0.317 e. The Morgan fingerprint density at radius 2 is 0.938 bits per heavy atom. The Labute approximate surface area is 286 Å². The van der Waals surface area contributed by atoms with Gasteiger partial charge in [-0.15, -0.1) is 0 Å². The molecule has 3 rings (SSSR count). The molecule has 0 aromatic carbocycles. The van der Waals surface area contributed by atoms with Gasteiger partial charge in [0, 0.05) is 38.3 Å². The van der Waals surface area contributed by atoms with Crippen LogP contribution >= 0.6 is 0 Å². The van der Waals surface area contributed by atoms with Crippen molar-refractivity contribution in [1.29, 1.82) is 0 Å². The highest BCUT2D eigenvalue weighted by Crippen LogP contribution is 2.30. The van der Waals surface area contributed by atoms with Crippen molar-refractivity contribution < 1.29 is 29.4 Å². The van der Waals surface area contributed by atoms with Gasteiger partial charge in [0.15, 0.2) is 0 Å². The number of hydrogen-bond acceptors (Lipinski definition) is 6. The molecule has 10 nitrogen and oxygen atoms in total. The van der Waals surface area contributed by atoms with Crippen LogP contribution in [0.25, 0.3) is 0 Å². The molecule has 264 valence electrons. The van der Waals surface area contributed by atoms with Gasteiger partial charge in [0.1, 0.15) is 0 Å². The van der Waals surface area contributed by atoms with E-state index in [1.807, 2.05) is 34.1 Å². The number of carbonyl (C=O) groups excluding carboxylic acids is 2. The summed E-state index contributed by atoms with van der Waals surface area (Å²) in [5, 5.41) is 19.7. The first kappa shape index (κ1) is 38.7. The van der Waals surface area contributed by atoms with Crippen LogP contribution in [0.5, 0.6) is 0 Å². The first-order valence-corrected chi connectivity index (χ1v) is 17.4. The van der Waals surface area contributed by atoms with Gasteiger partial charge in [0.05, 0.1) is 26.2 Å². The zero-order valence-electron chi connectivity index (χ0n) is 28.6. The van der Waals surface area contributed by atoms with E-state index in [2.05, 4.69) is 26.3 Å². The fraction of sp³-hybridized carbons (Fsp3) is 0.579. The lowest BCUT2D eigenvalue weighted by atomic mass is 9.87. The summed E-state index contributed by atoms with van der Waals surface area (Å²) in [6.45, 7) is 17.0.